The van der Waals surface area contributed by atoms with E-state index >= 15 is 0 Å². The molecule has 1 rings (SSSR count). The highest BCUT2D eigenvalue weighted by Crippen LogP contribution is 2.52. The van der Waals surface area contributed by atoms with Crippen molar-refractivity contribution < 1.29 is 61.6 Å². The Morgan fingerprint density at radius 3 is 1.79 bits per heavy atom. The molecule has 0 aliphatic carbocycles. The van der Waals surface area contributed by atoms with E-state index in [4.69, 9.17) is 4.55 Å². The van der Waals surface area contributed by atoms with E-state index in [1.807, 2.05) is 0 Å². The van der Waals surface area contributed by atoms with Crippen molar-refractivity contribution in [3.8, 4) is 5.75 Å². The number of nitrogens with zero attached hydrogens (tertiary/aromatic N) is 1. The van der Waals surface area contributed by atoms with Gasteiger partial charge in [0.15, 0.2) is 12.0 Å². The van der Waals surface area contributed by atoms with Crippen molar-refractivity contribution in [2.24, 2.45) is 0 Å². The predicted molar refractivity (Wildman–Crippen MR) is 103 cm³/mol. The maximum Gasteiger partial charge on any atom is 0.450 e. The molecule has 0 amide bonds. The largest absolute Gasteiger partial charge is 0.450 e. The Kier molecular flexibility index (Phi) is 7.78. The fourth-order valence-electron chi connectivity index (χ4n) is 2.72. The molecule has 1 aromatic carbocycles. The normalized spacial score (nSPS) is 13.9. The highest BCUT2D eigenvalue weighted by atomic mass is 32.2. The molecule has 0 heterocycles. The molecule has 34 heavy (non-hydrogen) atoms. The molecule has 0 aliphatic heterocycles. The zero-order chi connectivity index (χ0) is 27.2. The van der Waals surface area contributed by atoms with Crippen molar-refractivity contribution in [3.05, 3.63) is 32.9 Å². The van der Waals surface area contributed by atoms with Gasteiger partial charge < -0.3 is 4.18 Å². The van der Waals surface area contributed by atoms with Crippen LogP contribution in [0.15, 0.2) is 6.07 Å². The molecule has 0 saturated heterocycles. The van der Waals surface area contributed by atoms with Crippen molar-refractivity contribution in [2.45, 2.75) is 56.0 Å². The Labute approximate surface area is 188 Å². The number of nitro benzene ring substituents is 1. The van der Waals surface area contributed by atoms with Gasteiger partial charge in [0.1, 0.15) is 0 Å². The number of hydrogen-bond acceptors (Lipinski definition) is 8. The van der Waals surface area contributed by atoms with Crippen LogP contribution in [-0.4, -0.2) is 49.0 Å². The molecule has 0 spiro atoms. The van der Waals surface area contributed by atoms with Crippen LogP contribution in [0.5, 0.6) is 5.75 Å². The van der Waals surface area contributed by atoms with Gasteiger partial charge in [0, 0.05) is 0 Å². The fourth-order valence-corrected chi connectivity index (χ4v) is 4.19. The first-order chi connectivity index (χ1) is 15.0. The molecule has 0 bridgehead atoms. The van der Waals surface area contributed by atoms with Gasteiger partial charge in [-0.25, -0.2) is 0 Å². The van der Waals surface area contributed by atoms with Gasteiger partial charge in [-0.1, -0.05) is 27.7 Å². The summed E-state index contributed by atoms with van der Waals surface area (Å²) in [6.45, 7) is 4.83. The van der Waals surface area contributed by atoms with Gasteiger partial charge in [0.25, 0.3) is 5.69 Å². The van der Waals surface area contributed by atoms with Gasteiger partial charge >= 0.3 is 36.7 Å². The van der Waals surface area contributed by atoms with Crippen molar-refractivity contribution >= 4 is 32.2 Å². The second-order valence-corrected chi connectivity index (χ2v) is 10.5. The van der Waals surface area contributed by atoms with Crippen LogP contribution < -0.4 is 4.18 Å². The SMILES string of the molecule is CC(C)c1cc(C=O)c([N+](=O)[O-])c(C(C)C)c1OS(=O)(=O)C(F)(F)C(F)(F)C(F)(F)S(=O)(=O)O. The third-order valence-corrected chi connectivity index (χ3v) is 6.59. The Morgan fingerprint density at radius 1 is 1.00 bits per heavy atom. The Hall–Kier alpha value is -2.47. The molecule has 0 fully saturated rings. The van der Waals surface area contributed by atoms with Crippen LogP contribution in [0.1, 0.15) is 61.0 Å². The first kappa shape index (κ1) is 29.6. The maximum absolute atomic E-state index is 14.3. The van der Waals surface area contributed by atoms with Crippen LogP contribution in [0, 0.1) is 10.1 Å². The average Bonchev–Trinajstić information content (AvgIpc) is 2.64. The number of halogens is 6. The first-order valence-corrected chi connectivity index (χ1v) is 11.7. The zero-order valence-electron chi connectivity index (χ0n) is 17.6. The molecule has 1 aromatic rings. The summed E-state index contributed by atoms with van der Waals surface area (Å²) in [5.41, 5.74) is -3.08. The molecule has 10 nitrogen and oxygen atoms in total. The lowest BCUT2D eigenvalue weighted by molar-refractivity contribution is -0.385. The number of alkyl halides is 6. The third kappa shape index (κ3) is 4.57. The van der Waals surface area contributed by atoms with E-state index in [9.17, 15) is 58.1 Å². The molecule has 0 aromatic heterocycles. The van der Waals surface area contributed by atoms with E-state index in [2.05, 4.69) is 4.18 Å². The van der Waals surface area contributed by atoms with Crippen molar-refractivity contribution in [1.29, 1.82) is 0 Å². The molecule has 194 valence electrons. The molecule has 0 radical (unpaired) electrons. The van der Waals surface area contributed by atoms with E-state index in [0.717, 1.165) is 13.8 Å². The van der Waals surface area contributed by atoms with Crippen LogP contribution >= 0.6 is 0 Å². The highest BCUT2D eigenvalue weighted by molar-refractivity contribution is 7.88. The number of carbonyl (C=O) groups excluding carboxylic acids is 1. The minimum atomic E-state index is -7.27. The average molecular weight is 545 g/mol. The van der Waals surface area contributed by atoms with Crippen molar-refractivity contribution in [3.63, 3.8) is 0 Å². The first-order valence-electron chi connectivity index (χ1n) is 8.84. The van der Waals surface area contributed by atoms with E-state index in [0.29, 0.717) is 6.07 Å². The molecule has 0 aliphatic rings. The summed E-state index contributed by atoms with van der Waals surface area (Å²) in [7, 11) is -14.5. The molecular formula is C16H17F6NO9S2. The number of rotatable bonds is 10. The van der Waals surface area contributed by atoms with Crippen LogP contribution in [0.3, 0.4) is 0 Å². The quantitative estimate of drug-likeness (QED) is 0.114. The summed E-state index contributed by atoms with van der Waals surface area (Å²) < 4.78 is 141. The Morgan fingerprint density at radius 2 is 1.47 bits per heavy atom. The standard InChI is InChI=1S/C16H17F6NO9S2/c1-7(2)10-5-9(6-24)12(23(25)26)11(8(3)4)13(10)32-34(30,31)16(21,22)14(17,18)15(19,20)33(27,28)29/h5-8H,1-4H3,(H,27,28,29). The summed E-state index contributed by atoms with van der Waals surface area (Å²) in [6.07, 6.45) is -0.0242. The smallest absolute Gasteiger partial charge is 0.377 e. The van der Waals surface area contributed by atoms with Crippen molar-refractivity contribution in [2.75, 3.05) is 0 Å². The molecular weight excluding hydrogens is 528 g/mol. The molecule has 18 heteroatoms. The van der Waals surface area contributed by atoms with E-state index in [1.54, 1.807) is 0 Å². The van der Waals surface area contributed by atoms with Gasteiger partial charge in [-0.05, 0) is 23.5 Å². The van der Waals surface area contributed by atoms with E-state index in [1.165, 1.54) is 13.8 Å². The Bertz CT molecular complexity index is 1210. The predicted octanol–water partition coefficient (Wildman–Crippen LogP) is 4.07. The summed E-state index contributed by atoms with van der Waals surface area (Å²) in [4.78, 5) is 21.6. The van der Waals surface area contributed by atoms with Gasteiger partial charge in [0.05, 0.1) is 16.1 Å². The van der Waals surface area contributed by atoms with Crippen molar-refractivity contribution in [1.82, 2.24) is 0 Å². The monoisotopic (exact) mass is 545 g/mol. The minimum Gasteiger partial charge on any atom is -0.377 e. The van der Waals surface area contributed by atoms with Gasteiger partial charge in [-0.15, -0.1) is 0 Å². The number of aldehydes is 1. The minimum absolute atomic E-state index is 0.0242. The van der Waals surface area contributed by atoms with E-state index < -0.39 is 81.6 Å². The number of carbonyl (C=O) groups is 1. The third-order valence-electron chi connectivity index (χ3n) is 4.42. The lowest BCUT2D eigenvalue weighted by atomic mass is 9.90. The Balaban J connectivity index is 4.02. The molecule has 1 N–H and O–H groups in total. The fraction of sp³-hybridized carbons (Fsp3) is 0.562. The van der Waals surface area contributed by atoms with E-state index in [-0.39, 0.29) is 6.29 Å². The number of nitro groups is 1. The molecule has 0 unspecified atom stereocenters. The maximum atomic E-state index is 14.3. The lowest BCUT2D eigenvalue weighted by Gasteiger charge is -2.30. The molecule has 0 saturated carbocycles. The van der Waals surface area contributed by atoms with Gasteiger partial charge in [-0.3, -0.25) is 19.5 Å². The van der Waals surface area contributed by atoms with Crippen LogP contribution in [0.4, 0.5) is 32.0 Å². The molecule has 0 atom stereocenters. The summed E-state index contributed by atoms with van der Waals surface area (Å²) in [6, 6.07) is 0.662. The summed E-state index contributed by atoms with van der Waals surface area (Å²) in [5.74, 6) is -10.7. The summed E-state index contributed by atoms with van der Waals surface area (Å²) >= 11 is 0. The zero-order valence-corrected chi connectivity index (χ0v) is 19.2. The van der Waals surface area contributed by atoms with Gasteiger partial charge in [-0.2, -0.15) is 43.2 Å². The van der Waals surface area contributed by atoms with Gasteiger partial charge in [0.2, 0.25) is 0 Å². The van der Waals surface area contributed by atoms with Crippen LogP contribution in [0.25, 0.3) is 0 Å². The number of hydrogen-bond donors (Lipinski definition) is 1. The second-order valence-electron chi connectivity index (χ2n) is 7.45. The van der Waals surface area contributed by atoms with Crippen LogP contribution in [0.2, 0.25) is 0 Å². The lowest BCUT2D eigenvalue weighted by Crippen LogP contribution is -2.61. The second kappa shape index (κ2) is 8.95. The topological polar surface area (TPSA) is 158 Å². The number of benzene rings is 1. The summed E-state index contributed by atoms with van der Waals surface area (Å²) in [5, 5.41) is -2.49. The van der Waals surface area contributed by atoms with Crippen LogP contribution in [-0.2, 0) is 20.2 Å². The highest BCUT2D eigenvalue weighted by Gasteiger charge is 2.83.